The van der Waals surface area contributed by atoms with Crippen molar-refractivity contribution in [2.75, 3.05) is 4.90 Å². The fraction of sp³-hybridized carbons (Fsp3) is 0.120. The molecule has 1 atom stereocenters. The zero-order valence-corrected chi connectivity index (χ0v) is 18.3. The predicted octanol–water partition coefficient (Wildman–Crippen LogP) is 4.93. The molecular weight excluding hydrogens is 422 g/mol. The molecule has 2 aromatic heterocycles. The molecule has 32 heavy (non-hydrogen) atoms. The summed E-state index contributed by atoms with van der Waals surface area (Å²) in [6.45, 7) is 3.96. The summed E-state index contributed by atoms with van der Waals surface area (Å²) in [5.74, 6) is -1.67. The lowest BCUT2D eigenvalue weighted by Gasteiger charge is -2.23. The zero-order chi connectivity index (χ0) is 22.4. The highest BCUT2D eigenvalue weighted by Crippen LogP contribution is 2.44. The molecule has 1 aliphatic heterocycles. The van der Waals surface area contributed by atoms with Crippen molar-refractivity contribution in [2.24, 2.45) is 0 Å². The number of fused-ring (bicyclic) bond motifs is 1. The first-order valence-electron chi connectivity index (χ1n) is 10.1. The van der Waals surface area contributed by atoms with Crippen LogP contribution in [0.3, 0.4) is 0 Å². The minimum Gasteiger partial charge on any atom is -0.507 e. The molecule has 4 aromatic rings. The van der Waals surface area contributed by atoms with Gasteiger partial charge in [0.25, 0.3) is 5.78 Å². The Morgan fingerprint density at radius 3 is 2.38 bits per heavy atom. The summed E-state index contributed by atoms with van der Waals surface area (Å²) in [5, 5.41) is 11.5. The molecule has 0 spiro atoms. The molecule has 1 saturated heterocycles. The molecule has 1 aliphatic rings. The lowest BCUT2D eigenvalue weighted by atomic mass is 9.95. The summed E-state index contributed by atoms with van der Waals surface area (Å²) >= 11 is 1.35. The van der Waals surface area contributed by atoms with E-state index in [4.69, 9.17) is 0 Å². The maximum Gasteiger partial charge on any atom is 0.301 e. The summed E-state index contributed by atoms with van der Waals surface area (Å²) in [5.41, 5.74) is 4.09. The summed E-state index contributed by atoms with van der Waals surface area (Å²) < 4.78 is 0.929. The number of carbonyl (C=O) groups is 2. The molecular formula is C25H19N3O3S. The minimum absolute atomic E-state index is 0.0421. The van der Waals surface area contributed by atoms with Gasteiger partial charge in [-0.05, 0) is 49.2 Å². The molecule has 6 nitrogen and oxygen atoms in total. The lowest BCUT2D eigenvalue weighted by Crippen LogP contribution is -2.29. The van der Waals surface area contributed by atoms with Crippen LogP contribution >= 0.6 is 11.3 Å². The number of thiazole rings is 1. The van der Waals surface area contributed by atoms with Gasteiger partial charge in [0.1, 0.15) is 5.76 Å². The molecule has 0 saturated carbocycles. The average Bonchev–Trinajstić information content (AvgIpc) is 3.32. The second-order valence-corrected chi connectivity index (χ2v) is 8.79. The van der Waals surface area contributed by atoms with Crippen LogP contribution in [-0.2, 0) is 9.59 Å². The number of nitrogens with zero attached hydrogens (tertiary/aromatic N) is 3. The number of anilines is 1. The van der Waals surface area contributed by atoms with E-state index in [0.29, 0.717) is 10.7 Å². The Morgan fingerprint density at radius 1 is 0.969 bits per heavy atom. The van der Waals surface area contributed by atoms with Crippen LogP contribution in [0.5, 0.6) is 0 Å². The van der Waals surface area contributed by atoms with E-state index >= 15 is 0 Å². The monoisotopic (exact) mass is 441 g/mol. The molecule has 0 aliphatic carbocycles. The first-order chi connectivity index (χ1) is 15.4. The maximum absolute atomic E-state index is 13.2. The van der Waals surface area contributed by atoms with E-state index in [1.807, 2.05) is 56.3 Å². The Labute approximate surface area is 188 Å². The SMILES string of the molecule is Cc1ccc(C2C(=C(O)c3ccncc3)C(=O)C(=O)N2c2nc3ccc(C)cc3s2)cc1. The highest BCUT2D eigenvalue weighted by atomic mass is 32.1. The second-order valence-electron chi connectivity index (χ2n) is 7.78. The van der Waals surface area contributed by atoms with Crippen molar-refractivity contribution >= 4 is 44.1 Å². The first kappa shape index (κ1) is 20.1. The Bertz CT molecular complexity index is 1390. The van der Waals surface area contributed by atoms with Crippen LogP contribution in [-0.4, -0.2) is 26.8 Å². The van der Waals surface area contributed by atoms with Crippen LogP contribution < -0.4 is 4.90 Å². The van der Waals surface area contributed by atoms with E-state index in [9.17, 15) is 14.7 Å². The quantitative estimate of drug-likeness (QED) is 0.277. The van der Waals surface area contributed by atoms with Crippen molar-refractivity contribution in [3.63, 3.8) is 0 Å². The normalized spacial score (nSPS) is 17.9. The molecule has 0 radical (unpaired) electrons. The number of carbonyl (C=O) groups excluding carboxylic acids is 2. The third-order valence-electron chi connectivity index (χ3n) is 5.53. The van der Waals surface area contributed by atoms with Gasteiger partial charge < -0.3 is 5.11 Å². The molecule has 1 amide bonds. The smallest absolute Gasteiger partial charge is 0.301 e. The molecule has 3 heterocycles. The van der Waals surface area contributed by atoms with Crippen molar-refractivity contribution in [1.29, 1.82) is 0 Å². The molecule has 7 heteroatoms. The van der Waals surface area contributed by atoms with Crippen LogP contribution in [0.4, 0.5) is 5.13 Å². The largest absolute Gasteiger partial charge is 0.507 e. The van der Waals surface area contributed by atoms with Crippen molar-refractivity contribution in [3.8, 4) is 0 Å². The maximum atomic E-state index is 13.2. The first-order valence-corrected chi connectivity index (χ1v) is 10.9. The highest BCUT2D eigenvalue weighted by Gasteiger charge is 2.48. The molecule has 5 rings (SSSR count). The van der Waals surface area contributed by atoms with E-state index in [0.717, 1.165) is 26.9 Å². The van der Waals surface area contributed by atoms with Crippen LogP contribution in [0.15, 0.2) is 72.6 Å². The van der Waals surface area contributed by atoms with E-state index in [-0.39, 0.29) is 11.3 Å². The summed E-state index contributed by atoms with van der Waals surface area (Å²) in [6, 6.07) is 15.9. The van der Waals surface area contributed by atoms with Gasteiger partial charge in [0.2, 0.25) is 0 Å². The van der Waals surface area contributed by atoms with Gasteiger partial charge in [-0.2, -0.15) is 0 Å². The number of amides is 1. The third kappa shape index (κ3) is 3.27. The summed E-state index contributed by atoms with van der Waals surface area (Å²) in [6.07, 6.45) is 3.06. The number of aromatic nitrogens is 2. The van der Waals surface area contributed by atoms with Gasteiger partial charge in [-0.3, -0.25) is 19.5 Å². The van der Waals surface area contributed by atoms with Gasteiger partial charge in [0.05, 0.1) is 21.8 Å². The molecule has 2 aromatic carbocycles. The van der Waals surface area contributed by atoms with Crippen molar-refractivity contribution in [1.82, 2.24) is 9.97 Å². The Hall–Kier alpha value is -3.84. The number of benzene rings is 2. The molecule has 1 unspecified atom stereocenters. The Kier molecular flexibility index (Phi) is 4.83. The van der Waals surface area contributed by atoms with Gasteiger partial charge in [-0.15, -0.1) is 0 Å². The number of aliphatic hydroxyl groups excluding tert-OH is 1. The van der Waals surface area contributed by atoms with Gasteiger partial charge in [-0.25, -0.2) is 4.98 Å². The van der Waals surface area contributed by atoms with Crippen LogP contribution in [0, 0.1) is 13.8 Å². The molecule has 0 bridgehead atoms. The van der Waals surface area contributed by atoms with Gasteiger partial charge in [0, 0.05) is 18.0 Å². The number of aliphatic hydroxyl groups is 1. The molecule has 1 N–H and O–H groups in total. The van der Waals surface area contributed by atoms with Gasteiger partial charge in [0.15, 0.2) is 5.13 Å². The van der Waals surface area contributed by atoms with E-state index in [1.54, 1.807) is 12.1 Å². The summed E-state index contributed by atoms with van der Waals surface area (Å²) in [4.78, 5) is 36.4. The summed E-state index contributed by atoms with van der Waals surface area (Å²) in [7, 11) is 0. The number of aryl methyl sites for hydroxylation is 2. The highest BCUT2D eigenvalue weighted by molar-refractivity contribution is 7.22. The standard InChI is InChI=1S/C25H19N3O3S/c1-14-3-6-16(7-4-14)21-20(22(29)17-9-11-26-12-10-17)23(30)24(31)28(21)25-27-18-8-5-15(2)13-19(18)32-25/h3-13,21,29H,1-2H3. The number of hydrogen-bond donors (Lipinski definition) is 1. The van der Waals surface area contributed by atoms with Crippen molar-refractivity contribution in [2.45, 2.75) is 19.9 Å². The van der Waals surface area contributed by atoms with E-state index in [2.05, 4.69) is 9.97 Å². The van der Waals surface area contributed by atoms with Crippen LogP contribution in [0.1, 0.15) is 28.3 Å². The number of hydrogen-bond acceptors (Lipinski definition) is 6. The number of ketones is 1. The zero-order valence-electron chi connectivity index (χ0n) is 17.4. The number of rotatable bonds is 3. The molecule has 1 fully saturated rings. The Balaban J connectivity index is 1.73. The second kappa shape index (κ2) is 7.69. The minimum atomic E-state index is -0.787. The van der Waals surface area contributed by atoms with Crippen molar-refractivity contribution < 1.29 is 14.7 Å². The third-order valence-corrected chi connectivity index (χ3v) is 6.55. The van der Waals surface area contributed by atoms with Gasteiger partial charge >= 0.3 is 5.91 Å². The van der Waals surface area contributed by atoms with E-state index in [1.165, 1.54) is 28.6 Å². The number of Topliss-reactive ketones (excluding diaryl/α,β-unsaturated/α-hetero) is 1. The predicted molar refractivity (Wildman–Crippen MR) is 125 cm³/mol. The molecule has 158 valence electrons. The van der Waals surface area contributed by atoms with Crippen LogP contribution in [0.25, 0.3) is 16.0 Å². The van der Waals surface area contributed by atoms with E-state index < -0.39 is 17.7 Å². The fourth-order valence-electron chi connectivity index (χ4n) is 3.88. The average molecular weight is 442 g/mol. The van der Waals surface area contributed by atoms with Crippen molar-refractivity contribution in [3.05, 3.63) is 94.8 Å². The fourth-order valence-corrected chi connectivity index (χ4v) is 4.97. The van der Waals surface area contributed by atoms with Gasteiger partial charge in [-0.1, -0.05) is 47.2 Å². The Morgan fingerprint density at radius 2 is 1.66 bits per heavy atom. The number of pyridine rings is 1. The lowest BCUT2D eigenvalue weighted by molar-refractivity contribution is -0.132. The topological polar surface area (TPSA) is 83.4 Å². The van der Waals surface area contributed by atoms with Crippen LogP contribution in [0.2, 0.25) is 0 Å².